The molecule has 1 aliphatic rings. The van der Waals surface area contributed by atoms with Crippen LogP contribution in [0.5, 0.6) is 5.75 Å². The number of nitrogens with zero attached hydrogens (tertiary/aromatic N) is 1. The van der Waals surface area contributed by atoms with Crippen molar-refractivity contribution in [3.63, 3.8) is 0 Å². The number of hydrazine groups is 1. The van der Waals surface area contributed by atoms with Crippen molar-refractivity contribution < 1.29 is 23.9 Å². The van der Waals surface area contributed by atoms with E-state index < -0.39 is 17.8 Å². The molecule has 1 fully saturated rings. The number of hydrogen-bond acceptors (Lipinski definition) is 5. The molecule has 0 saturated carbocycles. The highest BCUT2D eigenvalue weighted by atomic mass is 79.9. The summed E-state index contributed by atoms with van der Waals surface area (Å²) in [5.41, 5.74) is 3.92. The average Bonchev–Trinajstić information content (AvgIpc) is 2.98. The summed E-state index contributed by atoms with van der Waals surface area (Å²) in [6.07, 6.45) is 1.50. The summed E-state index contributed by atoms with van der Waals surface area (Å²) < 4.78 is 11.3. The van der Waals surface area contributed by atoms with Crippen LogP contribution in [-0.4, -0.2) is 31.0 Å². The lowest BCUT2D eigenvalue weighted by Crippen LogP contribution is -2.35. The summed E-state index contributed by atoms with van der Waals surface area (Å²) in [5.74, 6) is -0.899. The van der Waals surface area contributed by atoms with Gasteiger partial charge in [0.2, 0.25) is 0 Å². The summed E-state index contributed by atoms with van der Waals surface area (Å²) in [6.45, 7) is 4.31. The lowest BCUT2D eigenvalue weighted by molar-refractivity contribution is -0.117. The Kier molecular flexibility index (Phi) is 6.33. The van der Waals surface area contributed by atoms with Gasteiger partial charge in [-0.15, -0.1) is 0 Å². The highest BCUT2D eigenvalue weighted by Gasteiger charge is 2.34. The van der Waals surface area contributed by atoms with Gasteiger partial charge in [0.05, 0.1) is 24.5 Å². The van der Waals surface area contributed by atoms with E-state index in [2.05, 4.69) is 21.4 Å². The number of amides is 2. The van der Waals surface area contributed by atoms with Crippen molar-refractivity contribution in [2.45, 2.75) is 13.8 Å². The van der Waals surface area contributed by atoms with Gasteiger partial charge in [-0.05, 0) is 62.4 Å². The number of anilines is 1. The van der Waals surface area contributed by atoms with Crippen LogP contribution in [0, 0.1) is 0 Å². The molecule has 2 amide bonds. The van der Waals surface area contributed by atoms with Crippen molar-refractivity contribution in [2.75, 3.05) is 18.2 Å². The zero-order valence-electron chi connectivity index (χ0n) is 15.9. The Balaban J connectivity index is 1.88. The van der Waals surface area contributed by atoms with E-state index in [1.54, 1.807) is 31.2 Å². The molecule has 2 aromatic rings. The van der Waals surface area contributed by atoms with Crippen molar-refractivity contribution >= 4 is 45.5 Å². The van der Waals surface area contributed by atoms with Gasteiger partial charge in [0.25, 0.3) is 11.8 Å². The van der Waals surface area contributed by atoms with E-state index in [4.69, 9.17) is 9.47 Å². The van der Waals surface area contributed by atoms with E-state index in [9.17, 15) is 14.4 Å². The summed E-state index contributed by atoms with van der Waals surface area (Å²) in [7, 11) is 0. The maximum absolute atomic E-state index is 12.8. The minimum atomic E-state index is -0.521. The largest absolute Gasteiger partial charge is 0.493 e. The predicted octanol–water partition coefficient (Wildman–Crippen LogP) is 3.49. The van der Waals surface area contributed by atoms with Crippen molar-refractivity contribution in [2.24, 2.45) is 0 Å². The molecule has 0 aliphatic carbocycles. The van der Waals surface area contributed by atoms with Crippen LogP contribution in [0.2, 0.25) is 0 Å². The fourth-order valence-corrected chi connectivity index (χ4v) is 3.15. The monoisotopic (exact) mass is 458 g/mol. The molecule has 0 unspecified atom stereocenters. The third-order valence-electron chi connectivity index (χ3n) is 4.10. The first-order valence-corrected chi connectivity index (χ1v) is 9.80. The number of benzene rings is 2. The molecule has 0 bridgehead atoms. The minimum absolute atomic E-state index is 0.0153. The second-order valence-electron chi connectivity index (χ2n) is 6.02. The molecule has 1 heterocycles. The Morgan fingerprint density at radius 1 is 1.10 bits per heavy atom. The molecular weight excluding hydrogens is 440 g/mol. The van der Waals surface area contributed by atoms with Crippen LogP contribution in [0.3, 0.4) is 0 Å². The number of carbonyl (C=O) groups excluding carboxylic acids is 3. The van der Waals surface area contributed by atoms with Gasteiger partial charge in [0.1, 0.15) is 11.3 Å². The molecule has 29 heavy (non-hydrogen) atoms. The lowest BCUT2D eigenvalue weighted by atomic mass is 10.1. The summed E-state index contributed by atoms with van der Waals surface area (Å²) >= 11 is 3.39. The second-order valence-corrected chi connectivity index (χ2v) is 6.94. The molecule has 8 heteroatoms. The average molecular weight is 459 g/mol. The third-order valence-corrected chi connectivity index (χ3v) is 4.59. The van der Waals surface area contributed by atoms with E-state index in [0.29, 0.717) is 29.2 Å². The van der Waals surface area contributed by atoms with Crippen LogP contribution in [-0.2, 0) is 14.3 Å². The van der Waals surface area contributed by atoms with Crippen molar-refractivity contribution in [1.82, 2.24) is 5.43 Å². The van der Waals surface area contributed by atoms with E-state index >= 15 is 0 Å². The Bertz CT molecular complexity index is 985. The first-order valence-electron chi connectivity index (χ1n) is 9.01. The van der Waals surface area contributed by atoms with Crippen LogP contribution < -0.4 is 15.2 Å². The Morgan fingerprint density at radius 3 is 2.48 bits per heavy atom. The lowest BCUT2D eigenvalue weighted by Gasteiger charge is -2.15. The zero-order valence-corrected chi connectivity index (χ0v) is 17.5. The number of esters is 1. The molecule has 0 spiro atoms. The number of ether oxygens (including phenoxy) is 2. The SMILES string of the molecule is CCOC(=O)c1ccc(N2NC(=O)/C(=C/c3cc(Br)ccc3OCC)C2=O)cc1. The first-order chi connectivity index (χ1) is 13.9. The maximum Gasteiger partial charge on any atom is 0.338 e. The van der Waals surface area contributed by atoms with Crippen LogP contribution in [0.4, 0.5) is 5.69 Å². The fourth-order valence-electron chi connectivity index (χ4n) is 2.77. The van der Waals surface area contributed by atoms with Crippen molar-refractivity contribution in [3.8, 4) is 5.75 Å². The molecule has 2 aromatic carbocycles. The van der Waals surface area contributed by atoms with Crippen molar-refractivity contribution in [3.05, 3.63) is 63.6 Å². The smallest absolute Gasteiger partial charge is 0.338 e. The standard InChI is InChI=1S/C21H19BrN2O5/c1-3-28-18-10-7-15(22)11-14(18)12-17-19(25)23-24(20(17)26)16-8-5-13(6-9-16)21(27)29-4-2/h5-12H,3-4H2,1-2H3,(H,23,25)/b17-12-. The van der Waals surface area contributed by atoms with Gasteiger partial charge in [-0.2, -0.15) is 0 Å². The number of hydrogen-bond donors (Lipinski definition) is 1. The number of halogens is 1. The zero-order chi connectivity index (χ0) is 21.0. The molecular formula is C21H19BrN2O5. The summed E-state index contributed by atoms with van der Waals surface area (Å²) in [6, 6.07) is 11.6. The maximum atomic E-state index is 12.8. The normalized spacial score (nSPS) is 14.9. The van der Waals surface area contributed by atoms with E-state index in [-0.39, 0.29) is 12.2 Å². The third kappa shape index (κ3) is 4.48. The van der Waals surface area contributed by atoms with Crippen LogP contribution >= 0.6 is 15.9 Å². The van der Waals surface area contributed by atoms with Crippen LogP contribution in [0.15, 0.2) is 52.5 Å². The quantitative estimate of drug-likeness (QED) is 0.406. The minimum Gasteiger partial charge on any atom is -0.493 e. The predicted molar refractivity (Wildman–Crippen MR) is 111 cm³/mol. The highest BCUT2D eigenvalue weighted by molar-refractivity contribution is 9.10. The van der Waals surface area contributed by atoms with Crippen LogP contribution in [0.25, 0.3) is 6.08 Å². The van der Waals surface area contributed by atoms with Gasteiger partial charge in [0.15, 0.2) is 0 Å². The fraction of sp³-hybridized carbons (Fsp3) is 0.190. The van der Waals surface area contributed by atoms with Gasteiger partial charge < -0.3 is 9.47 Å². The summed E-state index contributed by atoms with van der Waals surface area (Å²) in [5, 5.41) is 1.14. The van der Waals surface area contributed by atoms with E-state index in [1.807, 2.05) is 13.0 Å². The van der Waals surface area contributed by atoms with Gasteiger partial charge >= 0.3 is 5.97 Å². The molecule has 7 nitrogen and oxygen atoms in total. The van der Waals surface area contributed by atoms with Crippen LogP contribution in [0.1, 0.15) is 29.8 Å². The topological polar surface area (TPSA) is 84.9 Å². The molecule has 0 atom stereocenters. The van der Waals surface area contributed by atoms with Gasteiger partial charge in [-0.25, -0.2) is 9.80 Å². The number of rotatable bonds is 6. The Labute approximate surface area is 176 Å². The van der Waals surface area contributed by atoms with E-state index in [1.165, 1.54) is 18.2 Å². The molecule has 1 aliphatic heterocycles. The number of carbonyl (C=O) groups is 3. The van der Waals surface area contributed by atoms with Gasteiger partial charge in [-0.3, -0.25) is 15.0 Å². The first kappa shape index (κ1) is 20.6. The van der Waals surface area contributed by atoms with Crippen molar-refractivity contribution in [1.29, 1.82) is 0 Å². The second kappa shape index (κ2) is 8.91. The highest BCUT2D eigenvalue weighted by Crippen LogP contribution is 2.28. The number of nitrogens with one attached hydrogen (secondary N) is 1. The molecule has 0 aromatic heterocycles. The Hall–Kier alpha value is -3.13. The molecule has 3 rings (SSSR count). The molecule has 1 saturated heterocycles. The summed E-state index contributed by atoms with van der Waals surface area (Å²) in [4.78, 5) is 37.0. The molecule has 0 radical (unpaired) electrons. The molecule has 150 valence electrons. The molecule has 1 N–H and O–H groups in total. The van der Waals surface area contributed by atoms with Gasteiger partial charge in [0, 0.05) is 10.0 Å². The van der Waals surface area contributed by atoms with Gasteiger partial charge in [-0.1, -0.05) is 15.9 Å². The Morgan fingerprint density at radius 2 is 1.83 bits per heavy atom. The van der Waals surface area contributed by atoms with E-state index in [0.717, 1.165) is 9.48 Å².